The summed E-state index contributed by atoms with van der Waals surface area (Å²) >= 11 is 1.89. The Morgan fingerprint density at radius 1 is 0.581 bits per heavy atom. The van der Waals surface area contributed by atoms with Gasteiger partial charge in [0, 0.05) is 54.6 Å². The molecule has 0 amide bonds. The zero-order valence-corrected chi connectivity index (χ0v) is 24.1. The summed E-state index contributed by atoms with van der Waals surface area (Å²) < 4.78 is 8.85. The molecule has 3 nitrogen and oxygen atoms in total. The molecule has 3 heterocycles. The van der Waals surface area contributed by atoms with Crippen LogP contribution in [0.1, 0.15) is 11.1 Å². The summed E-state index contributed by atoms with van der Waals surface area (Å²) in [4.78, 5) is 2.36. The Balaban J connectivity index is 1.24. The molecule has 0 spiro atoms. The molecule has 6 aromatic carbocycles. The van der Waals surface area contributed by atoms with E-state index in [1.165, 1.54) is 42.4 Å². The minimum atomic E-state index is 0.863. The number of nitrogens with zero attached hydrogens (tertiary/aromatic N) is 1. The highest BCUT2D eigenvalue weighted by Crippen LogP contribution is 2.44. The van der Waals surface area contributed by atoms with E-state index in [9.17, 15) is 0 Å². The predicted molar refractivity (Wildman–Crippen MR) is 183 cm³/mol. The lowest BCUT2D eigenvalue weighted by molar-refractivity contribution is 0.669. The molecule has 1 aliphatic heterocycles. The standard InChI is InChI=1S/C39H26N2OS/c1-2-6-25(7-3-1)26-10-13-28(14-11-26)41(29-15-18-37-33(22-29)31-8-4-5-9-36(31)42-37)30-16-19-38-34(23-30)32-17-12-27-20-21-40-24-35(27)39(32)43-38/h1-23,40H,24H2. The van der Waals surface area contributed by atoms with Crippen molar-refractivity contribution in [3.8, 4) is 11.1 Å². The van der Waals surface area contributed by atoms with Gasteiger partial charge in [-0.15, -0.1) is 11.3 Å². The largest absolute Gasteiger partial charge is 0.456 e. The van der Waals surface area contributed by atoms with Gasteiger partial charge in [0.1, 0.15) is 11.2 Å². The zero-order valence-electron chi connectivity index (χ0n) is 23.2. The number of fused-ring (bicyclic) bond motifs is 8. The fraction of sp³-hybridized carbons (Fsp3) is 0.0256. The number of nitrogens with one attached hydrogen (secondary N) is 1. The predicted octanol–water partition coefficient (Wildman–Crippen LogP) is 11.2. The average Bonchev–Trinajstić information content (AvgIpc) is 3.64. The van der Waals surface area contributed by atoms with Crippen molar-refractivity contribution < 1.29 is 4.42 Å². The van der Waals surface area contributed by atoms with Crippen molar-refractivity contribution in [3.05, 3.63) is 145 Å². The van der Waals surface area contributed by atoms with Crippen molar-refractivity contribution in [2.75, 3.05) is 4.90 Å². The molecule has 1 aliphatic rings. The quantitative estimate of drug-likeness (QED) is 0.228. The molecule has 4 heteroatoms. The Bertz CT molecular complexity index is 2350. The lowest BCUT2D eigenvalue weighted by Gasteiger charge is -2.26. The first kappa shape index (κ1) is 24.3. The third-order valence-electron chi connectivity index (χ3n) is 8.53. The van der Waals surface area contributed by atoms with Crippen LogP contribution in [0, 0.1) is 0 Å². The Kier molecular flexibility index (Phi) is 5.43. The van der Waals surface area contributed by atoms with Crippen LogP contribution in [0.2, 0.25) is 0 Å². The van der Waals surface area contributed by atoms with E-state index in [-0.39, 0.29) is 0 Å². The number of rotatable bonds is 4. The first-order valence-corrected chi connectivity index (χ1v) is 15.4. The van der Waals surface area contributed by atoms with Crippen molar-refractivity contribution in [3.63, 3.8) is 0 Å². The fourth-order valence-corrected chi connectivity index (χ4v) is 7.66. The Labute approximate surface area is 252 Å². The van der Waals surface area contributed by atoms with Crippen LogP contribution in [0.5, 0.6) is 0 Å². The van der Waals surface area contributed by atoms with Crippen LogP contribution < -0.4 is 10.2 Å². The molecule has 0 unspecified atom stereocenters. The molecule has 0 radical (unpaired) electrons. The lowest BCUT2D eigenvalue weighted by atomic mass is 10.0. The van der Waals surface area contributed by atoms with Gasteiger partial charge in [-0.2, -0.15) is 0 Å². The maximum absolute atomic E-state index is 6.18. The number of hydrogen-bond donors (Lipinski definition) is 1. The maximum Gasteiger partial charge on any atom is 0.135 e. The van der Waals surface area contributed by atoms with Crippen LogP contribution >= 0.6 is 11.3 Å². The van der Waals surface area contributed by atoms with E-state index >= 15 is 0 Å². The number of hydrogen-bond acceptors (Lipinski definition) is 4. The summed E-state index contributed by atoms with van der Waals surface area (Å²) in [7, 11) is 0. The Hall–Kier alpha value is -5.32. The van der Waals surface area contributed by atoms with E-state index in [1.54, 1.807) is 0 Å². The van der Waals surface area contributed by atoms with Gasteiger partial charge in [0.25, 0.3) is 0 Å². The van der Waals surface area contributed by atoms with E-state index in [0.29, 0.717) is 0 Å². The highest BCUT2D eigenvalue weighted by molar-refractivity contribution is 7.26. The molecule has 204 valence electrons. The molecular weight excluding hydrogens is 545 g/mol. The molecule has 2 aromatic heterocycles. The SMILES string of the molecule is C1=Cc2ccc3c(sc4ccc(N(c5ccc(-c6ccccc6)cc5)c5ccc6oc7ccccc7c6c5)cc43)c2CN1. The van der Waals surface area contributed by atoms with Crippen LogP contribution in [0.25, 0.3) is 59.3 Å². The number of para-hydroxylation sites is 1. The van der Waals surface area contributed by atoms with Crippen molar-refractivity contribution in [1.82, 2.24) is 5.32 Å². The van der Waals surface area contributed by atoms with Gasteiger partial charge in [-0.1, -0.05) is 72.8 Å². The molecule has 0 atom stereocenters. The van der Waals surface area contributed by atoms with Crippen molar-refractivity contribution in [1.29, 1.82) is 0 Å². The second-order valence-corrected chi connectivity index (χ2v) is 12.1. The third-order valence-corrected chi connectivity index (χ3v) is 9.78. The number of thiophene rings is 1. The van der Waals surface area contributed by atoms with Crippen molar-refractivity contribution >= 4 is 76.6 Å². The van der Waals surface area contributed by atoms with Gasteiger partial charge in [-0.3, -0.25) is 0 Å². The molecule has 43 heavy (non-hydrogen) atoms. The second-order valence-electron chi connectivity index (χ2n) is 11.0. The topological polar surface area (TPSA) is 28.4 Å². The minimum absolute atomic E-state index is 0.863. The molecule has 0 fully saturated rings. The van der Waals surface area contributed by atoms with E-state index in [1.807, 2.05) is 29.7 Å². The van der Waals surface area contributed by atoms with Crippen LogP contribution in [0.4, 0.5) is 17.1 Å². The highest BCUT2D eigenvalue weighted by atomic mass is 32.1. The maximum atomic E-state index is 6.18. The zero-order chi connectivity index (χ0) is 28.3. The molecule has 9 rings (SSSR count). The van der Waals surface area contributed by atoms with E-state index in [0.717, 1.165) is 45.5 Å². The van der Waals surface area contributed by atoms with Crippen LogP contribution in [-0.2, 0) is 6.54 Å². The summed E-state index contributed by atoms with van der Waals surface area (Å²) in [6.45, 7) is 0.863. The average molecular weight is 571 g/mol. The van der Waals surface area contributed by atoms with Gasteiger partial charge in [-0.05, 0) is 89.1 Å². The summed E-state index contributed by atoms with van der Waals surface area (Å²) in [5, 5.41) is 8.25. The fourth-order valence-electron chi connectivity index (χ4n) is 6.42. The lowest BCUT2D eigenvalue weighted by Crippen LogP contribution is -2.10. The van der Waals surface area contributed by atoms with Gasteiger partial charge in [-0.25, -0.2) is 0 Å². The van der Waals surface area contributed by atoms with Crippen molar-refractivity contribution in [2.24, 2.45) is 0 Å². The third kappa shape index (κ3) is 3.95. The van der Waals surface area contributed by atoms with E-state index in [4.69, 9.17) is 4.42 Å². The molecule has 0 saturated heterocycles. The van der Waals surface area contributed by atoms with Crippen molar-refractivity contribution in [2.45, 2.75) is 6.54 Å². The monoisotopic (exact) mass is 570 g/mol. The Morgan fingerprint density at radius 2 is 1.30 bits per heavy atom. The van der Waals surface area contributed by atoms with Gasteiger partial charge >= 0.3 is 0 Å². The van der Waals surface area contributed by atoms with Crippen LogP contribution in [0.3, 0.4) is 0 Å². The molecule has 0 saturated carbocycles. The molecular formula is C39H26N2OS. The summed E-state index contributed by atoms with van der Waals surface area (Å²) in [6, 6.07) is 45.7. The molecule has 0 aliphatic carbocycles. The minimum Gasteiger partial charge on any atom is -0.456 e. The van der Waals surface area contributed by atoms with E-state index in [2.05, 4.69) is 132 Å². The van der Waals surface area contributed by atoms with Crippen LogP contribution in [0.15, 0.2) is 138 Å². The molecule has 8 aromatic rings. The number of benzene rings is 6. The first-order valence-electron chi connectivity index (χ1n) is 14.6. The first-order chi connectivity index (χ1) is 21.3. The van der Waals surface area contributed by atoms with Gasteiger partial charge in [0.2, 0.25) is 0 Å². The summed E-state index contributed by atoms with van der Waals surface area (Å²) in [5.41, 5.74) is 10.2. The number of furan rings is 1. The summed E-state index contributed by atoms with van der Waals surface area (Å²) in [5.74, 6) is 0. The van der Waals surface area contributed by atoms with Crippen LogP contribution in [-0.4, -0.2) is 0 Å². The highest BCUT2D eigenvalue weighted by Gasteiger charge is 2.19. The molecule has 0 bridgehead atoms. The normalized spacial score (nSPS) is 12.7. The van der Waals surface area contributed by atoms with Gasteiger partial charge < -0.3 is 14.6 Å². The van der Waals surface area contributed by atoms with Gasteiger partial charge in [0.15, 0.2) is 0 Å². The summed E-state index contributed by atoms with van der Waals surface area (Å²) in [6.07, 6.45) is 4.21. The second kappa shape index (κ2) is 9.62. The molecule has 1 N–H and O–H groups in total. The Morgan fingerprint density at radius 3 is 2.19 bits per heavy atom. The smallest absolute Gasteiger partial charge is 0.135 e. The van der Waals surface area contributed by atoms with E-state index < -0.39 is 0 Å². The number of anilines is 3. The van der Waals surface area contributed by atoms with Gasteiger partial charge in [0.05, 0.1) is 0 Å².